The first kappa shape index (κ1) is 18.9. The number of rotatable bonds is 5. The Labute approximate surface area is 151 Å². The van der Waals surface area contributed by atoms with E-state index in [1.165, 1.54) is 16.2 Å². The summed E-state index contributed by atoms with van der Waals surface area (Å²) in [5.41, 5.74) is 0.108. The van der Waals surface area contributed by atoms with Crippen molar-refractivity contribution in [2.24, 2.45) is 5.41 Å². The number of thiophene rings is 1. The number of ether oxygens (including phenoxy) is 1. The Morgan fingerprint density at radius 2 is 1.76 bits per heavy atom. The lowest BCUT2D eigenvalue weighted by atomic mass is 9.91. The highest BCUT2D eigenvalue weighted by molar-refractivity contribution is 7.12. The number of benzene rings is 1. The standard InChI is InChI=1S/C19H21NO4S/c1-19(2,3)16(21)12-24-18(23)13-8-5-6-9-14(13)20(4)17(22)15-10-7-11-25-15/h5-11H,12H2,1-4H3. The molecule has 0 saturated heterocycles. The molecule has 1 amide bonds. The highest BCUT2D eigenvalue weighted by Crippen LogP contribution is 2.23. The quantitative estimate of drug-likeness (QED) is 0.762. The van der Waals surface area contributed by atoms with E-state index in [0.717, 1.165) is 0 Å². The van der Waals surface area contributed by atoms with Crippen molar-refractivity contribution in [2.75, 3.05) is 18.6 Å². The molecule has 0 aliphatic rings. The zero-order valence-electron chi connectivity index (χ0n) is 14.7. The van der Waals surface area contributed by atoms with Crippen molar-refractivity contribution < 1.29 is 19.1 Å². The Hall–Kier alpha value is -2.47. The molecular weight excluding hydrogens is 338 g/mol. The van der Waals surface area contributed by atoms with Crippen LogP contribution in [0.3, 0.4) is 0 Å². The first-order chi connectivity index (χ1) is 11.7. The Morgan fingerprint density at radius 3 is 2.36 bits per heavy atom. The van der Waals surface area contributed by atoms with Crippen LogP contribution in [-0.2, 0) is 9.53 Å². The van der Waals surface area contributed by atoms with Gasteiger partial charge in [0.15, 0.2) is 12.4 Å². The van der Waals surface area contributed by atoms with Gasteiger partial charge in [-0.2, -0.15) is 0 Å². The molecule has 6 heteroatoms. The van der Waals surface area contributed by atoms with Gasteiger partial charge in [0.1, 0.15) is 0 Å². The fourth-order valence-corrected chi connectivity index (χ4v) is 2.74. The molecule has 2 aromatic rings. The van der Waals surface area contributed by atoms with Gasteiger partial charge >= 0.3 is 5.97 Å². The van der Waals surface area contributed by atoms with Crippen molar-refractivity contribution >= 4 is 34.7 Å². The number of esters is 1. The summed E-state index contributed by atoms with van der Waals surface area (Å²) in [6.45, 7) is 5.01. The lowest BCUT2D eigenvalue weighted by Crippen LogP contribution is -2.29. The van der Waals surface area contributed by atoms with Gasteiger partial charge in [-0.3, -0.25) is 9.59 Å². The summed E-state index contributed by atoms with van der Waals surface area (Å²) in [5.74, 6) is -0.999. The van der Waals surface area contributed by atoms with Crippen molar-refractivity contribution in [1.82, 2.24) is 0 Å². The van der Waals surface area contributed by atoms with E-state index in [0.29, 0.717) is 10.6 Å². The highest BCUT2D eigenvalue weighted by atomic mass is 32.1. The van der Waals surface area contributed by atoms with Crippen LogP contribution >= 0.6 is 11.3 Å². The Morgan fingerprint density at radius 1 is 1.08 bits per heavy atom. The molecule has 0 saturated carbocycles. The highest BCUT2D eigenvalue weighted by Gasteiger charge is 2.25. The molecular formula is C19H21NO4S. The molecule has 25 heavy (non-hydrogen) atoms. The maximum Gasteiger partial charge on any atom is 0.340 e. The molecule has 1 heterocycles. The summed E-state index contributed by atoms with van der Waals surface area (Å²) in [4.78, 5) is 38.8. The zero-order chi connectivity index (χ0) is 18.6. The molecule has 2 rings (SSSR count). The number of nitrogens with zero attached hydrogens (tertiary/aromatic N) is 1. The van der Waals surface area contributed by atoms with Gasteiger partial charge in [0.05, 0.1) is 16.1 Å². The first-order valence-electron chi connectivity index (χ1n) is 7.83. The Balaban J connectivity index is 2.18. The van der Waals surface area contributed by atoms with E-state index in [2.05, 4.69) is 0 Å². The smallest absolute Gasteiger partial charge is 0.340 e. The number of carbonyl (C=O) groups is 3. The van der Waals surface area contributed by atoms with Crippen molar-refractivity contribution in [3.63, 3.8) is 0 Å². The third-order valence-electron chi connectivity index (χ3n) is 3.69. The van der Waals surface area contributed by atoms with Gasteiger partial charge in [-0.25, -0.2) is 4.79 Å². The van der Waals surface area contributed by atoms with Crippen LogP contribution in [0.2, 0.25) is 0 Å². The monoisotopic (exact) mass is 359 g/mol. The van der Waals surface area contributed by atoms with Crippen LogP contribution < -0.4 is 4.90 Å². The lowest BCUT2D eigenvalue weighted by Gasteiger charge is -2.20. The average Bonchev–Trinajstić information content (AvgIpc) is 3.11. The zero-order valence-corrected chi connectivity index (χ0v) is 15.6. The second kappa shape index (κ2) is 7.61. The van der Waals surface area contributed by atoms with Gasteiger partial charge in [0, 0.05) is 12.5 Å². The molecule has 0 unspecified atom stereocenters. The summed E-state index contributed by atoms with van der Waals surface area (Å²) < 4.78 is 5.15. The van der Waals surface area contributed by atoms with Gasteiger partial charge in [-0.1, -0.05) is 39.0 Å². The SMILES string of the molecule is CN(C(=O)c1cccs1)c1ccccc1C(=O)OCC(=O)C(C)(C)C. The van der Waals surface area contributed by atoms with E-state index >= 15 is 0 Å². The van der Waals surface area contributed by atoms with Gasteiger partial charge in [0.2, 0.25) is 0 Å². The van der Waals surface area contributed by atoms with Gasteiger partial charge in [-0.05, 0) is 23.6 Å². The largest absolute Gasteiger partial charge is 0.454 e. The summed E-state index contributed by atoms with van der Waals surface area (Å²) in [6.07, 6.45) is 0. The molecule has 0 N–H and O–H groups in total. The number of hydrogen-bond acceptors (Lipinski definition) is 5. The van der Waals surface area contributed by atoms with Crippen LogP contribution in [0, 0.1) is 5.41 Å². The predicted octanol–water partition coefficient (Wildman–Crippen LogP) is 3.80. The minimum Gasteiger partial charge on any atom is -0.454 e. The van der Waals surface area contributed by atoms with E-state index in [1.807, 2.05) is 5.38 Å². The Bertz CT molecular complexity index is 775. The molecule has 0 atom stereocenters. The van der Waals surface area contributed by atoms with Crippen LogP contribution in [-0.4, -0.2) is 31.3 Å². The van der Waals surface area contributed by atoms with Crippen molar-refractivity contribution in [2.45, 2.75) is 20.8 Å². The topological polar surface area (TPSA) is 63.7 Å². The number of hydrogen-bond donors (Lipinski definition) is 0. The number of carbonyl (C=O) groups excluding carboxylic acids is 3. The number of Topliss-reactive ketones (excluding diaryl/α,β-unsaturated/α-hetero) is 1. The molecule has 1 aromatic carbocycles. The number of anilines is 1. The molecule has 132 valence electrons. The van der Waals surface area contributed by atoms with Gasteiger partial charge in [-0.15, -0.1) is 11.3 Å². The third-order valence-corrected chi connectivity index (χ3v) is 4.55. The second-order valence-electron chi connectivity index (χ2n) is 6.61. The average molecular weight is 359 g/mol. The maximum atomic E-state index is 12.5. The predicted molar refractivity (Wildman–Crippen MR) is 98.2 cm³/mol. The molecule has 1 aromatic heterocycles. The van der Waals surface area contributed by atoms with E-state index in [1.54, 1.807) is 64.2 Å². The molecule has 0 aliphatic heterocycles. The first-order valence-corrected chi connectivity index (χ1v) is 8.71. The fraction of sp³-hybridized carbons (Fsp3) is 0.316. The van der Waals surface area contributed by atoms with Gasteiger partial charge in [0.25, 0.3) is 5.91 Å². The number of para-hydroxylation sites is 1. The molecule has 0 spiro atoms. The molecule has 0 bridgehead atoms. The van der Waals surface area contributed by atoms with E-state index in [4.69, 9.17) is 4.74 Å². The van der Waals surface area contributed by atoms with E-state index in [-0.39, 0.29) is 23.9 Å². The molecule has 0 fully saturated rings. The number of ketones is 1. The number of amides is 1. The van der Waals surface area contributed by atoms with Crippen LogP contribution in [0.15, 0.2) is 41.8 Å². The fourth-order valence-electron chi connectivity index (χ4n) is 2.04. The minimum absolute atomic E-state index is 0.165. The summed E-state index contributed by atoms with van der Waals surface area (Å²) in [7, 11) is 1.61. The summed E-state index contributed by atoms with van der Waals surface area (Å²) in [5, 5.41) is 1.82. The van der Waals surface area contributed by atoms with Crippen LogP contribution in [0.4, 0.5) is 5.69 Å². The van der Waals surface area contributed by atoms with Gasteiger partial charge < -0.3 is 9.64 Å². The second-order valence-corrected chi connectivity index (χ2v) is 7.56. The Kier molecular flexibility index (Phi) is 5.74. The van der Waals surface area contributed by atoms with E-state index in [9.17, 15) is 14.4 Å². The van der Waals surface area contributed by atoms with Crippen LogP contribution in [0.25, 0.3) is 0 Å². The minimum atomic E-state index is -0.626. The maximum absolute atomic E-state index is 12.5. The van der Waals surface area contributed by atoms with Crippen molar-refractivity contribution in [3.05, 3.63) is 52.2 Å². The van der Waals surface area contributed by atoms with Crippen LogP contribution in [0.5, 0.6) is 0 Å². The van der Waals surface area contributed by atoms with Crippen LogP contribution in [0.1, 0.15) is 40.8 Å². The summed E-state index contributed by atoms with van der Waals surface area (Å²) >= 11 is 1.33. The lowest BCUT2D eigenvalue weighted by molar-refractivity contribution is -0.129. The molecule has 0 aliphatic carbocycles. The molecule has 5 nitrogen and oxygen atoms in total. The normalized spacial score (nSPS) is 11.0. The van der Waals surface area contributed by atoms with Crippen molar-refractivity contribution in [3.8, 4) is 0 Å². The molecule has 0 radical (unpaired) electrons. The van der Waals surface area contributed by atoms with Crippen molar-refractivity contribution in [1.29, 1.82) is 0 Å². The van der Waals surface area contributed by atoms with E-state index < -0.39 is 11.4 Å². The third kappa shape index (κ3) is 4.54. The summed E-state index contributed by atoms with van der Waals surface area (Å²) in [6, 6.07) is 10.2.